The monoisotopic (exact) mass is 3490 g/mol. The minimum atomic E-state index is -0.816. The van der Waals surface area contributed by atoms with Gasteiger partial charge in [0.2, 0.25) is 0 Å². The summed E-state index contributed by atoms with van der Waals surface area (Å²) in [5.41, 5.74) is 0. The summed E-state index contributed by atoms with van der Waals surface area (Å²) in [6, 6.07) is 0. The van der Waals surface area contributed by atoms with E-state index in [-0.39, 0.29) is 387 Å². The molecule has 0 spiro atoms. The van der Waals surface area contributed by atoms with Gasteiger partial charge in [-0.2, -0.15) is 0 Å². The van der Waals surface area contributed by atoms with Crippen LogP contribution in [0, 0.1) is 0 Å². The molecule has 14 N–H and O–H groups in total. The van der Waals surface area contributed by atoms with Gasteiger partial charge in [-0.3, -0.25) is 0 Å². The summed E-state index contributed by atoms with van der Waals surface area (Å²) in [5, 5.41) is 125. The van der Waals surface area contributed by atoms with Crippen molar-refractivity contribution in [1.82, 2.24) is 0 Å². The van der Waals surface area contributed by atoms with E-state index >= 15 is 0 Å². The molecule has 0 unspecified atom stereocenters. The van der Waals surface area contributed by atoms with Gasteiger partial charge in [-0.1, -0.05) is 0 Å². The minimum absolute atomic E-state index is 0. The molecule has 0 aliphatic heterocycles. The molecular formula is C36H78O25W14. The van der Waals surface area contributed by atoms with Crippen molar-refractivity contribution in [3.05, 3.63) is 0 Å². The first-order valence-corrected chi connectivity index (χ1v) is 19.5. The number of hydrogen-bond donors (Lipinski definition) is 14. The summed E-state index contributed by atoms with van der Waals surface area (Å²) in [7, 11) is 4.35. The second kappa shape index (κ2) is 98.9. The second-order valence-corrected chi connectivity index (χ2v) is 12.8. The van der Waals surface area contributed by atoms with E-state index in [1.807, 2.05) is 0 Å². The van der Waals surface area contributed by atoms with Crippen LogP contribution in [0.5, 0.6) is 0 Å². The molecule has 0 aromatic heterocycles. The normalized spacial score (nSPS) is 9.92. The third-order valence-electron chi connectivity index (χ3n) is 7.99. The molecule has 0 aliphatic carbocycles. The Balaban J connectivity index is -0.0000000507. The van der Waals surface area contributed by atoms with Gasteiger partial charge in [0.15, 0.2) is 0 Å². The Morgan fingerprint density at radius 2 is 0.280 bits per heavy atom. The smallest absolute Gasteiger partial charge is 0.104 e. The Kier molecular flexibility index (Phi) is 170. The summed E-state index contributed by atoms with van der Waals surface area (Å²) in [6.45, 7) is -4.52. The summed E-state index contributed by atoms with van der Waals surface area (Å²) < 4.78 is 58.5. The maximum atomic E-state index is 9.19. The molecule has 0 amide bonds. The maximum absolute atomic E-state index is 9.19. The summed E-state index contributed by atoms with van der Waals surface area (Å²) in [4.78, 5) is 0. The molecule has 39 heteroatoms. The van der Waals surface area contributed by atoms with E-state index in [2.05, 4.69) is 4.74 Å². The largest absolute Gasteiger partial charge is 0.394 e. The topological polar surface area (TPSA) is 385 Å². The van der Waals surface area contributed by atoms with Gasteiger partial charge < -0.3 is 124 Å². The van der Waals surface area contributed by atoms with Crippen molar-refractivity contribution in [2.75, 3.05) is 167 Å². The average molecular weight is 3480 g/mol. The molecule has 0 radical (unpaired) electrons. The quantitative estimate of drug-likeness (QED) is 0.0270. The van der Waals surface area contributed by atoms with Gasteiger partial charge in [-0.25, -0.2) is 0 Å². The van der Waals surface area contributed by atoms with Crippen LogP contribution in [0.2, 0.25) is 0 Å². The molecule has 0 rings (SSSR count). The Morgan fingerprint density at radius 3 is 0.373 bits per heavy atom. The van der Waals surface area contributed by atoms with E-state index in [4.69, 9.17) is 78.0 Å². The second-order valence-electron chi connectivity index (χ2n) is 12.8. The van der Waals surface area contributed by atoms with Crippen LogP contribution in [0.15, 0.2) is 0 Å². The van der Waals surface area contributed by atoms with Crippen molar-refractivity contribution in [2.24, 2.45) is 0 Å². The van der Waals surface area contributed by atoms with Crippen molar-refractivity contribution in [3.8, 4) is 0 Å². The van der Waals surface area contributed by atoms with Crippen LogP contribution in [-0.4, -0.2) is 305 Å². The van der Waals surface area contributed by atoms with E-state index < -0.39 is 120 Å². The molecule has 0 heterocycles. The van der Waals surface area contributed by atoms with Crippen LogP contribution in [0.4, 0.5) is 0 Å². The summed E-state index contributed by atoms with van der Waals surface area (Å²) >= 11 is 0. The minimum Gasteiger partial charge on any atom is -0.394 e. The van der Waals surface area contributed by atoms with Gasteiger partial charge in [-0.15, -0.1) is 0 Å². The molecule has 75 heavy (non-hydrogen) atoms. The zero-order valence-electron chi connectivity index (χ0n) is 41.4. The zero-order chi connectivity index (χ0) is 46.7. The molecule has 25 nitrogen and oxygen atoms in total. The molecule has 0 bridgehead atoms. The van der Waals surface area contributed by atoms with Crippen LogP contribution in [0.1, 0.15) is 0 Å². The fourth-order valence-electron chi connectivity index (χ4n) is 3.79. The number of hydrogen-bond acceptors (Lipinski definition) is 25. The fraction of sp³-hybridized carbons (Fsp3) is 1.00. The van der Waals surface area contributed by atoms with Crippen molar-refractivity contribution < 1.29 is 419 Å². The number of aliphatic hydroxyl groups is 14. The first kappa shape index (κ1) is 129. The van der Waals surface area contributed by atoms with Crippen LogP contribution < -0.4 is 0 Å². The van der Waals surface area contributed by atoms with Crippen LogP contribution in [0.3, 0.4) is 0 Å². The molecule has 0 aliphatic rings. The summed E-state index contributed by atoms with van der Waals surface area (Å²) in [6.07, 6.45) is -7.34. The molecule has 0 aromatic rings. The Morgan fingerprint density at radius 1 is 0.173 bits per heavy atom. The molecule has 0 aromatic carbocycles. The number of rotatable bonds is 41. The van der Waals surface area contributed by atoms with Gasteiger partial charge in [0.05, 0.1) is 145 Å². The van der Waals surface area contributed by atoms with Gasteiger partial charge in [0.25, 0.3) is 0 Å². The number of aliphatic hydroxyl groups excluding tert-OH is 14. The number of methoxy groups -OCH3 is 3. The Hall–Kier alpha value is 8.64. The molecule has 456 valence electrons. The van der Waals surface area contributed by atoms with Gasteiger partial charge in [0, 0.05) is 316 Å². The zero-order valence-corrected chi connectivity index (χ0v) is 82.4. The third-order valence-corrected chi connectivity index (χ3v) is 7.99. The van der Waals surface area contributed by atoms with E-state index in [0.29, 0.717) is 0 Å². The molecule has 0 saturated carbocycles. The van der Waals surface area contributed by atoms with Gasteiger partial charge >= 0.3 is 0 Å². The fourth-order valence-corrected chi connectivity index (χ4v) is 3.79. The third kappa shape index (κ3) is 78.7. The standard InChI is InChI=1S/C22H46O15.C10H22O7.C4H10O3.14W/c1-31-20(10-36-21(12-32-16(2-23)3-24)13-33-17(4-25)5-26)11-37-22(14-34-18(6-27)7-28)15-35-19(8-29)9-30;1-15-10(6-16-8(2-11)3-12)7-17-9(4-13)5-14;1-7-4(2-5)3-6;;;;;;;;;;;;;;/h16-30H,2-15H2,1H3;8-14H,2-7H2,1H3;4-6H,2-3H2,1H3;;;;;;;;;;;;;;. The Bertz CT molecular complexity index is 788. The number of ether oxygens (including phenoxy) is 11. The van der Waals surface area contributed by atoms with Gasteiger partial charge in [-0.05, 0) is 0 Å². The van der Waals surface area contributed by atoms with E-state index in [0.717, 1.165) is 0 Å². The van der Waals surface area contributed by atoms with Gasteiger partial charge in [0.1, 0.15) is 67.1 Å². The Labute approximate surface area is 642 Å². The molecule has 0 fully saturated rings. The van der Waals surface area contributed by atoms with Crippen LogP contribution >= 0.6 is 0 Å². The van der Waals surface area contributed by atoms with Crippen molar-refractivity contribution in [2.45, 2.75) is 67.1 Å². The maximum Gasteiger partial charge on any atom is 0.104 e. The summed E-state index contributed by atoms with van der Waals surface area (Å²) in [5.74, 6) is 0. The van der Waals surface area contributed by atoms with Crippen molar-refractivity contribution in [1.29, 1.82) is 0 Å². The van der Waals surface area contributed by atoms with Crippen molar-refractivity contribution >= 4 is 0 Å². The predicted molar refractivity (Wildman–Crippen MR) is 210 cm³/mol. The van der Waals surface area contributed by atoms with Crippen LogP contribution in [-0.2, 0) is 347 Å². The average Bonchev–Trinajstić information content (AvgIpc) is 3.30. The molecular weight excluding hydrogens is 3410 g/mol. The first-order valence-electron chi connectivity index (χ1n) is 19.5. The molecule has 0 saturated heterocycles. The van der Waals surface area contributed by atoms with E-state index in [1.165, 1.54) is 21.3 Å². The predicted octanol–water partition coefficient (Wildman–Crippen LogP) is -8.06. The molecule has 0 atom stereocenters. The van der Waals surface area contributed by atoms with E-state index in [9.17, 15) is 40.9 Å². The first-order chi connectivity index (χ1) is 29.5. The van der Waals surface area contributed by atoms with E-state index in [1.54, 1.807) is 0 Å². The van der Waals surface area contributed by atoms with Crippen LogP contribution in [0.25, 0.3) is 0 Å². The van der Waals surface area contributed by atoms with Crippen molar-refractivity contribution in [3.63, 3.8) is 0 Å². The SMILES string of the molecule is COC(CO)CO.COC(COC(CO)CO)COC(CO)CO.COC(COC(COC(CO)CO)COC(CO)CO)COC(COC(CO)CO)COC(CO)CO.[W].[W].[W].[W].[W].[W].[W].[W].[W].[W].[W].[W].[W].[W].